The van der Waals surface area contributed by atoms with E-state index in [4.69, 9.17) is 0 Å². The van der Waals surface area contributed by atoms with Crippen molar-refractivity contribution in [3.8, 4) is 0 Å². The molecule has 0 bridgehead atoms. The van der Waals surface area contributed by atoms with Gasteiger partial charge in [0.2, 0.25) is 0 Å². The quantitative estimate of drug-likeness (QED) is 0.915. The zero-order valence-electron chi connectivity index (χ0n) is 9.64. The molecule has 1 atom stereocenters. The van der Waals surface area contributed by atoms with Crippen molar-refractivity contribution in [2.75, 3.05) is 32.9 Å². The summed E-state index contributed by atoms with van der Waals surface area (Å²) in [6.07, 6.45) is 0. The van der Waals surface area contributed by atoms with Gasteiger partial charge in [0.15, 0.2) is 0 Å². The molecule has 2 nitrogen and oxygen atoms in total. The zero-order valence-corrected chi connectivity index (χ0v) is 11.3. The Balaban J connectivity index is 0.00000128. The Morgan fingerprint density at radius 2 is 1.71 bits per heavy atom. The summed E-state index contributed by atoms with van der Waals surface area (Å²) in [6.45, 7) is 3.49. The number of hydrogen-bond acceptors (Lipinski definition) is 2. The molecule has 2 rings (SSSR count). The fourth-order valence-electron chi connectivity index (χ4n) is 2.07. The summed E-state index contributed by atoms with van der Waals surface area (Å²) < 4.78 is 13.1. The third-order valence-electron chi connectivity index (χ3n) is 2.92. The first-order valence-corrected chi connectivity index (χ1v) is 5.47. The van der Waals surface area contributed by atoms with Crippen molar-refractivity contribution in [3.05, 3.63) is 35.9 Å². The van der Waals surface area contributed by atoms with E-state index in [9.17, 15) is 4.39 Å². The SMILES string of the molecule is Cl.Cl.FC[C@@H](c1ccccc1)N1CCNCC1. The molecule has 0 radical (unpaired) electrons. The van der Waals surface area contributed by atoms with Gasteiger partial charge < -0.3 is 5.32 Å². The fraction of sp³-hybridized carbons (Fsp3) is 0.500. The maximum Gasteiger partial charge on any atom is 0.109 e. The summed E-state index contributed by atoms with van der Waals surface area (Å²) >= 11 is 0. The number of hydrogen-bond donors (Lipinski definition) is 1. The van der Waals surface area contributed by atoms with Gasteiger partial charge in [-0.25, -0.2) is 4.39 Å². The Labute approximate surface area is 114 Å². The average molecular weight is 281 g/mol. The van der Waals surface area contributed by atoms with E-state index in [-0.39, 0.29) is 37.5 Å². The number of piperazine rings is 1. The Hall–Kier alpha value is -0.350. The second-order valence-corrected chi connectivity index (χ2v) is 3.87. The van der Waals surface area contributed by atoms with E-state index in [1.54, 1.807) is 0 Å². The van der Waals surface area contributed by atoms with E-state index in [0.717, 1.165) is 31.7 Å². The van der Waals surface area contributed by atoms with Gasteiger partial charge >= 0.3 is 0 Å². The van der Waals surface area contributed by atoms with E-state index in [1.807, 2.05) is 30.3 Å². The third kappa shape index (κ3) is 4.43. The number of benzene rings is 1. The molecule has 1 fully saturated rings. The van der Waals surface area contributed by atoms with Crippen LogP contribution >= 0.6 is 24.8 Å². The number of nitrogens with zero attached hydrogens (tertiary/aromatic N) is 1. The van der Waals surface area contributed by atoms with Gasteiger partial charge in [0.25, 0.3) is 0 Å². The number of alkyl halides is 1. The van der Waals surface area contributed by atoms with Crippen LogP contribution in [-0.4, -0.2) is 37.8 Å². The first-order chi connectivity index (χ1) is 7.42. The predicted molar refractivity (Wildman–Crippen MR) is 74.1 cm³/mol. The summed E-state index contributed by atoms with van der Waals surface area (Å²) in [5.41, 5.74) is 1.09. The summed E-state index contributed by atoms with van der Waals surface area (Å²) in [7, 11) is 0. The van der Waals surface area contributed by atoms with Gasteiger partial charge in [-0.15, -0.1) is 24.8 Å². The van der Waals surface area contributed by atoms with Crippen LogP contribution in [0.3, 0.4) is 0 Å². The summed E-state index contributed by atoms with van der Waals surface area (Å²) in [5.74, 6) is 0. The Morgan fingerprint density at radius 1 is 1.12 bits per heavy atom. The van der Waals surface area contributed by atoms with Crippen molar-refractivity contribution in [1.29, 1.82) is 0 Å². The molecule has 0 amide bonds. The molecule has 0 unspecified atom stereocenters. The highest BCUT2D eigenvalue weighted by molar-refractivity contribution is 5.85. The van der Waals surface area contributed by atoms with Crippen molar-refractivity contribution in [2.45, 2.75) is 6.04 Å². The number of nitrogens with one attached hydrogen (secondary N) is 1. The van der Waals surface area contributed by atoms with Crippen LogP contribution in [0.1, 0.15) is 11.6 Å². The molecule has 1 aliphatic heterocycles. The van der Waals surface area contributed by atoms with Crippen LogP contribution in [0, 0.1) is 0 Å². The monoisotopic (exact) mass is 280 g/mol. The van der Waals surface area contributed by atoms with E-state index in [0.29, 0.717) is 0 Å². The van der Waals surface area contributed by atoms with E-state index < -0.39 is 0 Å². The van der Waals surface area contributed by atoms with Gasteiger partial charge in [-0.2, -0.15) is 0 Å². The fourth-order valence-corrected chi connectivity index (χ4v) is 2.07. The molecule has 1 aromatic carbocycles. The predicted octanol–water partition coefficient (Wildman–Crippen LogP) is 2.45. The van der Waals surface area contributed by atoms with E-state index in [2.05, 4.69) is 10.2 Å². The highest BCUT2D eigenvalue weighted by Crippen LogP contribution is 2.21. The minimum Gasteiger partial charge on any atom is -0.314 e. The molecule has 0 aromatic heterocycles. The topological polar surface area (TPSA) is 15.3 Å². The second kappa shape index (κ2) is 8.70. The molecule has 0 saturated carbocycles. The van der Waals surface area contributed by atoms with Crippen molar-refractivity contribution >= 4 is 24.8 Å². The number of halogens is 3. The largest absolute Gasteiger partial charge is 0.314 e. The number of rotatable bonds is 3. The van der Waals surface area contributed by atoms with Crippen LogP contribution in [0.15, 0.2) is 30.3 Å². The minimum atomic E-state index is -0.302. The van der Waals surface area contributed by atoms with Crippen molar-refractivity contribution in [1.82, 2.24) is 10.2 Å². The molecule has 1 aliphatic rings. The molecule has 1 heterocycles. The lowest BCUT2D eigenvalue weighted by Crippen LogP contribution is -2.45. The smallest absolute Gasteiger partial charge is 0.109 e. The van der Waals surface area contributed by atoms with Gasteiger partial charge in [0, 0.05) is 26.2 Å². The van der Waals surface area contributed by atoms with Crippen LogP contribution in [-0.2, 0) is 0 Å². The van der Waals surface area contributed by atoms with Crippen LogP contribution in [0.25, 0.3) is 0 Å². The molecule has 1 saturated heterocycles. The van der Waals surface area contributed by atoms with Crippen LogP contribution in [0.5, 0.6) is 0 Å². The summed E-state index contributed by atoms with van der Waals surface area (Å²) in [5, 5.41) is 3.28. The molecule has 0 spiro atoms. The molecule has 17 heavy (non-hydrogen) atoms. The lowest BCUT2D eigenvalue weighted by atomic mass is 10.1. The Kier molecular flexibility index (Phi) is 8.52. The van der Waals surface area contributed by atoms with E-state index in [1.165, 1.54) is 0 Å². The molecule has 0 aliphatic carbocycles. The normalized spacial score (nSPS) is 17.7. The summed E-state index contributed by atoms with van der Waals surface area (Å²) in [6, 6.07) is 9.86. The van der Waals surface area contributed by atoms with Gasteiger partial charge in [-0.3, -0.25) is 4.90 Å². The highest BCUT2D eigenvalue weighted by Gasteiger charge is 2.21. The maximum absolute atomic E-state index is 13.1. The van der Waals surface area contributed by atoms with Crippen LogP contribution < -0.4 is 5.32 Å². The van der Waals surface area contributed by atoms with Gasteiger partial charge in [0.1, 0.15) is 6.67 Å². The zero-order chi connectivity index (χ0) is 10.5. The lowest BCUT2D eigenvalue weighted by molar-refractivity contribution is 0.147. The van der Waals surface area contributed by atoms with Crippen molar-refractivity contribution in [2.24, 2.45) is 0 Å². The van der Waals surface area contributed by atoms with E-state index >= 15 is 0 Å². The second-order valence-electron chi connectivity index (χ2n) is 3.87. The standard InChI is InChI=1S/C12H17FN2.2ClH/c13-10-12(11-4-2-1-3-5-11)15-8-6-14-7-9-15;;/h1-5,12,14H,6-10H2;2*1H/t12-;;/m0../s1. The molecule has 1 aromatic rings. The van der Waals surface area contributed by atoms with Crippen molar-refractivity contribution < 1.29 is 4.39 Å². The molecule has 5 heteroatoms. The summed E-state index contributed by atoms with van der Waals surface area (Å²) in [4.78, 5) is 2.21. The maximum atomic E-state index is 13.1. The lowest BCUT2D eigenvalue weighted by Gasteiger charge is -2.33. The van der Waals surface area contributed by atoms with Gasteiger partial charge in [-0.1, -0.05) is 30.3 Å². The first-order valence-electron chi connectivity index (χ1n) is 5.47. The molecular formula is C12H19Cl2FN2. The Morgan fingerprint density at radius 3 is 2.24 bits per heavy atom. The Bertz CT molecular complexity index is 292. The van der Waals surface area contributed by atoms with Crippen LogP contribution in [0.4, 0.5) is 4.39 Å². The first kappa shape index (κ1) is 16.6. The molecular weight excluding hydrogens is 262 g/mol. The third-order valence-corrected chi connectivity index (χ3v) is 2.92. The minimum absolute atomic E-state index is 0. The van der Waals surface area contributed by atoms with Gasteiger partial charge in [0.05, 0.1) is 6.04 Å². The molecule has 98 valence electrons. The van der Waals surface area contributed by atoms with Crippen molar-refractivity contribution in [3.63, 3.8) is 0 Å². The van der Waals surface area contributed by atoms with Gasteiger partial charge in [-0.05, 0) is 5.56 Å². The molecule has 1 N–H and O–H groups in total. The van der Waals surface area contributed by atoms with Crippen LogP contribution in [0.2, 0.25) is 0 Å². The average Bonchev–Trinajstić information content (AvgIpc) is 2.33. The highest BCUT2D eigenvalue weighted by atomic mass is 35.5.